The molecule has 0 radical (unpaired) electrons. The maximum atomic E-state index is 13.1. The van der Waals surface area contributed by atoms with Gasteiger partial charge < -0.3 is 19.5 Å². The fourth-order valence-corrected chi connectivity index (χ4v) is 5.89. The summed E-state index contributed by atoms with van der Waals surface area (Å²) in [5.74, 6) is -0.415. The minimum absolute atomic E-state index is 0.148. The SMILES string of the molecule is COC(=O)c1ccc(C(C)NC(O)c2cccc3c2N(Cc2ccc(C(F)(F)F)cc2)CC32CCOCC2)cc1. The molecule has 0 bridgehead atoms. The first-order valence-corrected chi connectivity index (χ1v) is 13.4. The highest BCUT2D eigenvalue weighted by molar-refractivity contribution is 5.89. The molecule has 212 valence electrons. The van der Waals surface area contributed by atoms with Gasteiger partial charge in [-0.15, -0.1) is 0 Å². The Bertz CT molecular complexity index is 1340. The van der Waals surface area contributed by atoms with Crippen LogP contribution >= 0.6 is 0 Å². The monoisotopic (exact) mass is 554 g/mol. The molecule has 2 atom stereocenters. The van der Waals surface area contributed by atoms with Gasteiger partial charge in [0.2, 0.25) is 0 Å². The number of carbonyl (C=O) groups is 1. The number of nitrogens with zero attached hydrogens (tertiary/aromatic N) is 1. The number of nitrogens with one attached hydrogen (secondary N) is 1. The van der Waals surface area contributed by atoms with Gasteiger partial charge in [-0.25, -0.2) is 4.79 Å². The highest BCUT2D eigenvalue weighted by Gasteiger charge is 2.45. The molecular weight excluding hydrogens is 521 g/mol. The van der Waals surface area contributed by atoms with Gasteiger partial charge in [-0.3, -0.25) is 5.32 Å². The lowest BCUT2D eigenvalue weighted by Gasteiger charge is -2.34. The largest absolute Gasteiger partial charge is 0.465 e. The molecule has 0 aliphatic carbocycles. The Kier molecular flexibility index (Phi) is 7.90. The van der Waals surface area contributed by atoms with Crippen molar-refractivity contribution in [2.45, 2.75) is 50.2 Å². The summed E-state index contributed by atoms with van der Waals surface area (Å²) in [4.78, 5) is 14.0. The molecule has 2 aliphatic rings. The van der Waals surface area contributed by atoms with Crippen molar-refractivity contribution in [2.24, 2.45) is 0 Å². The standard InChI is InChI=1S/C31H33F3N2O4/c1-20(22-8-10-23(11-9-22)29(38)39-2)35-28(37)25-4-3-5-26-27(25)36(19-30(26)14-16-40-17-15-30)18-21-6-12-24(13-7-21)31(32,33)34/h3-13,20,28,35,37H,14-19H2,1-2H3. The molecule has 1 saturated heterocycles. The average Bonchev–Trinajstić information content (AvgIpc) is 3.24. The quantitative estimate of drug-likeness (QED) is 0.280. The zero-order valence-electron chi connectivity index (χ0n) is 22.5. The maximum absolute atomic E-state index is 13.1. The van der Waals surface area contributed by atoms with Crippen LogP contribution in [-0.2, 0) is 27.6 Å². The van der Waals surface area contributed by atoms with E-state index in [2.05, 4.69) is 16.3 Å². The van der Waals surface area contributed by atoms with Crippen molar-refractivity contribution in [1.29, 1.82) is 0 Å². The lowest BCUT2D eigenvalue weighted by Crippen LogP contribution is -2.38. The Morgan fingerprint density at radius 2 is 1.75 bits per heavy atom. The van der Waals surface area contributed by atoms with Gasteiger partial charge in [0.1, 0.15) is 6.23 Å². The summed E-state index contributed by atoms with van der Waals surface area (Å²) < 4.78 is 49.8. The van der Waals surface area contributed by atoms with Crippen molar-refractivity contribution in [3.8, 4) is 0 Å². The molecule has 0 saturated carbocycles. The summed E-state index contributed by atoms with van der Waals surface area (Å²) in [5.41, 5.74) is 4.04. The number of hydrogen-bond acceptors (Lipinski definition) is 6. The number of aliphatic hydroxyl groups excluding tert-OH is 1. The lowest BCUT2D eigenvalue weighted by molar-refractivity contribution is -0.137. The minimum atomic E-state index is -4.38. The normalized spacial score (nSPS) is 17.9. The van der Waals surface area contributed by atoms with E-state index in [-0.39, 0.29) is 11.5 Å². The van der Waals surface area contributed by atoms with E-state index in [0.717, 1.165) is 47.4 Å². The fraction of sp³-hybridized carbons (Fsp3) is 0.387. The van der Waals surface area contributed by atoms with Crippen molar-refractivity contribution < 1.29 is 32.5 Å². The van der Waals surface area contributed by atoms with Crippen LogP contribution in [0.25, 0.3) is 0 Å². The number of para-hydroxylation sites is 1. The van der Waals surface area contributed by atoms with Gasteiger partial charge in [-0.2, -0.15) is 13.2 Å². The number of anilines is 1. The van der Waals surface area contributed by atoms with E-state index >= 15 is 0 Å². The summed E-state index contributed by atoms with van der Waals surface area (Å²) in [5, 5.41) is 14.7. The Morgan fingerprint density at radius 1 is 1.07 bits per heavy atom. The number of carbonyl (C=O) groups excluding carboxylic acids is 1. The zero-order valence-corrected chi connectivity index (χ0v) is 22.5. The summed E-state index contributed by atoms with van der Waals surface area (Å²) in [6.07, 6.45) is -3.72. The third kappa shape index (κ3) is 5.59. The first-order chi connectivity index (χ1) is 19.1. The third-order valence-corrected chi connectivity index (χ3v) is 8.09. The van der Waals surface area contributed by atoms with E-state index in [4.69, 9.17) is 9.47 Å². The first-order valence-electron chi connectivity index (χ1n) is 13.4. The topological polar surface area (TPSA) is 71.0 Å². The zero-order chi connectivity index (χ0) is 28.5. The van der Waals surface area contributed by atoms with E-state index in [9.17, 15) is 23.1 Å². The Balaban J connectivity index is 1.43. The molecule has 0 amide bonds. The van der Waals surface area contributed by atoms with E-state index in [1.807, 2.05) is 31.2 Å². The van der Waals surface area contributed by atoms with Crippen LogP contribution in [0.15, 0.2) is 66.7 Å². The molecule has 9 heteroatoms. The molecule has 2 unspecified atom stereocenters. The molecule has 6 nitrogen and oxygen atoms in total. The Labute approximate surface area is 231 Å². The lowest BCUT2D eigenvalue weighted by atomic mass is 9.75. The van der Waals surface area contributed by atoms with Gasteiger partial charge >= 0.3 is 12.1 Å². The Morgan fingerprint density at radius 3 is 2.38 bits per heavy atom. The molecule has 2 heterocycles. The molecular formula is C31H33F3N2O4. The number of methoxy groups -OCH3 is 1. The van der Waals surface area contributed by atoms with Gasteiger partial charge in [0, 0.05) is 49.0 Å². The number of alkyl halides is 3. The van der Waals surface area contributed by atoms with Gasteiger partial charge in [0.15, 0.2) is 0 Å². The van der Waals surface area contributed by atoms with Gasteiger partial charge in [-0.05, 0) is 60.7 Å². The molecule has 3 aromatic rings. The number of rotatable bonds is 7. The van der Waals surface area contributed by atoms with E-state index in [1.165, 1.54) is 19.2 Å². The van der Waals surface area contributed by atoms with Crippen molar-refractivity contribution in [3.05, 3.63) is 100 Å². The summed E-state index contributed by atoms with van der Waals surface area (Å²) in [6.45, 7) is 4.32. The number of benzene rings is 3. The molecule has 2 aliphatic heterocycles. The average molecular weight is 555 g/mol. The molecule has 40 heavy (non-hydrogen) atoms. The van der Waals surface area contributed by atoms with Gasteiger partial charge in [0.05, 0.1) is 18.2 Å². The first kappa shape index (κ1) is 28.1. The molecule has 1 spiro atoms. The highest BCUT2D eigenvalue weighted by Crippen LogP contribution is 2.49. The highest BCUT2D eigenvalue weighted by atomic mass is 19.4. The van der Waals surface area contributed by atoms with Crippen molar-refractivity contribution >= 4 is 11.7 Å². The minimum Gasteiger partial charge on any atom is -0.465 e. The van der Waals surface area contributed by atoms with E-state index in [0.29, 0.717) is 37.4 Å². The number of hydrogen-bond donors (Lipinski definition) is 2. The third-order valence-electron chi connectivity index (χ3n) is 8.09. The Hall–Kier alpha value is -3.40. The second-order valence-electron chi connectivity index (χ2n) is 10.6. The van der Waals surface area contributed by atoms with Crippen LogP contribution in [0.4, 0.5) is 18.9 Å². The van der Waals surface area contributed by atoms with Crippen LogP contribution in [0, 0.1) is 0 Å². The molecule has 1 fully saturated rings. The summed E-state index contributed by atoms with van der Waals surface area (Å²) in [7, 11) is 1.33. The number of halogens is 3. The fourth-order valence-electron chi connectivity index (χ4n) is 5.89. The maximum Gasteiger partial charge on any atom is 0.416 e. The number of aliphatic hydroxyl groups is 1. The van der Waals surface area contributed by atoms with Crippen LogP contribution < -0.4 is 10.2 Å². The van der Waals surface area contributed by atoms with Crippen molar-refractivity contribution in [2.75, 3.05) is 31.8 Å². The van der Waals surface area contributed by atoms with Crippen LogP contribution in [0.2, 0.25) is 0 Å². The van der Waals surface area contributed by atoms with Crippen molar-refractivity contribution in [3.63, 3.8) is 0 Å². The van der Waals surface area contributed by atoms with Crippen LogP contribution in [0.1, 0.15) is 70.2 Å². The summed E-state index contributed by atoms with van der Waals surface area (Å²) >= 11 is 0. The van der Waals surface area contributed by atoms with E-state index < -0.39 is 23.9 Å². The van der Waals surface area contributed by atoms with Crippen molar-refractivity contribution in [1.82, 2.24) is 5.32 Å². The van der Waals surface area contributed by atoms with E-state index in [1.54, 1.807) is 12.1 Å². The smallest absolute Gasteiger partial charge is 0.416 e. The van der Waals surface area contributed by atoms with Crippen LogP contribution in [-0.4, -0.2) is 37.9 Å². The number of fused-ring (bicyclic) bond motifs is 2. The predicted octanol–water partition coefficient (Wildman–Crippen LogP) is 5.90. The molecule has 0 aromatic heterocycles. The summed E-state index contributed by atoms with van der Waals surface area (Å²) in [6, 6.07) is 18.0. The predicted molar refractivity (Wildman–Crippen MR) is 145 cm³/mol. The van der Waals surface area contributed by atoms with Gasteiger partial charge in [-0.1, -0.05) is 42.5 Å². The number of ether oxygens (including phenoxy) is 2. The van der Waals surface area contributed by atoms with Crippen LogP contribution in [0.5, 0.6) is 0 Å². The molecule has 3 aromatic carbocycles. The second-order valence-corrected chi connectivity index (χ2v) is 10.6. The van der Waals surface area contributed by atoms with Crippen LogP contribution in [0.3, 0.4) is 0 Å². The number of esters is 1. The van der Waals surface area contributed by atoms with Gasteiger partial charge in [0.25, 0.3) is 0 Å². The molecule has 5 rings (SSSR count). The second kappa shape index (κ2) is 11.2. The molecule has 2 N–H and O–H groups in total.